The van der Waals surface area contributed by atoms with Gasteiger partial charge < -0.3 is 16.0 Å². The number of hydrogen-bond donors (Lipinski definition) is 3. The van der Waals surface area contributed by atoms with Crippen LogP contribution in [0.2, 0.25) is 0 Å². The van der Waals surface area contributed by atoms with Crippen molar-refractivity contribution in [2.45, 2.75) is 25.8 Å². The normalized spacial score (nSPS) is 18.1. The van der Waals surface area contributed by atoms with Crippen LogP contribution in [0.15, 0.2) is 18.2 Å². The molecule has 1 saturated heterocycles. The van der Waals surface area contributed by atoms with Gasteiger partial charge in [-0.1, -0.05) is 0 Å². The van der Waals surface area contributed by atoms with Crippen molar-refractivity contribution in [3.8, 4) is 0 Å². The lowest BCUT2D eigenvalue weighted by Gasteiger charge is -2.12. The molecule has 1 atom stereocenters. The summed E-state index contributed by atoms with van der Waals surface area (Å²) in [6.07, 6.45) is 1.77. The fourth-order valence-electron chi connectivity index (χ4n) is 2.03. The molecule has 0 spiro atoms. The molecule has 2 amide bonds. The van der Waals surface area contributed by atoms with Gasteiger partial charge in [0.05, 0.1) is 11.7 Å². The van der Waals surface area contributed by atoms with Crippen LogP contribution < -0.4 is 16.0 Å². The molecule has 0 radical (unpaired) electrons. The molecule has 5 nitrogen and oxygen atoms in total. The zero-order chi connectivity index (χ0) is 13.8. The summed E-state index contributed by atoms with van der Waals surface area (Å²) in [7, 11) is 0. The standard InChI is InChI=1S/C13H16FN3O2/c1-8(18)16-12-7-9(4-5-10(12)14)17-13(19)11-3-2-6-15-11/h4-5,7,11,15H,2-3,6H2,1H3,(H,16,18)(H,17,19)/t11-/m0/s1. The van der Waals surface area contributed by atoms with Crippen molar-refractivity contribution in [3.05, 3.63) is 24.0 Å². The maximum atomic E-state index is 13.4. The number of nitrogens with one attached hydrogen (secondary N) is 3. The molecule has 1 aromatic carbocycles. The summed E-state index contributed by atoms with van der Waals surface area (Å²) in [5.74, 6) is -1.04. The van der Waals surface area contributed by atoms with E-state index >= 15 is 0 Å². The molecule has 1 aliphatic heterocycles. The van der Waals surface area contributed by atoms with Gasteiger partial charge in [0.1, 0.15) is 5.82 Å². The van der Waals surface area contributed by atoms with Gasteiger partial charge in [-0.3, -0.25) is 9.59 Å². The highest BCUT2D eigenvalue weighted by molar-refractivity contribution is 5.96. The fraction of sp³-hybridized carbons (Fsp3) is 0.385. The molecular weight excluding hydrogens is 249 g/mol. The molecule has 0 aliphatic carbocycles. The smallest absolute Gasteiger partial charge is 0.241 e. The molecule has 0 saturated carbocycles. The zero-order valence-corrected chi connectivity index (χ0v) is 10.6. The highest BCUT2D eigenvalue weighted by Crippen LogP contribution is 2.20. The van der Waals surface area contributed by atoms with Crippen LogP contribution in [0.3, 0.4) is 0 Å². The van der Waals surface area contributed by atoms with E-state index in [2.05, 4.69) is 16.0 Å². The first-order valence-corrected chi connectivity index (χ1v) is 6.17. The van der Waals surface area contributed by atoms with Crippen LogP contribution in [-0.2, 0) is 9.59 Å². The maximum absolute atomic E-state index is 13.4. The van der Waals surface area contributed by atoms with Gasteiger partial charge in [0.25, 0.3) is 0 Å². The Morgan fingerprint density at radius 1 is 1.37 bits per heavy atom. The number of carbonyl (C=O) groups is 2. The lowest BCUT2D eigenvalue weighted by atomic mass is 10.2. The second kappa shape index (κ2) is 5.79. The van der Waals surface area contributed by atoms with E-state index in [1.807, 2.05) is 0 Å². The van der Waals surface area contributed by atoms with Crippen molar-refractivity contribution < 1.29 is 14.0 Å². The van der Waals surface area contributed by atoms with Crippen LogP contribution in [0.1, 0.15) is 19.8 Å². The molecule has 6 heteroatoms. The van der Waals surface area contributed by atoms with E-state index in [4.69, 9.17) is 0 Å². The molecule has 0 unspecified atom stereocenters. The summed E-state index contributed by atoms with van der Waals surface area (Å²) in [6.45, 7) is 2.13. The van der Waals surface area contributed by atoms with Gasteiger partial charge in [-0.2, -0.15) is 0 Å². The maximum Gasteiger partial charge on any atom is 0.241 e. The van der Waals surface area contributed by atoms with Gasteiger partial charge in [0, 0.05) is 12.6 Å². The van der Waals surface area contributed by atoms with E-state index in [1.54, 1.807) is 0 Å². The lowest BCUT2D eigenvalue weighted by Crippen LogP contribution is -2.35. The van der Waals surface area contributed by atoms with Crippen molar-refractivity contribution in [3.63, 3.8) is 0 Å². The second-order valence-electron chi connectivity index (χ2n) is 4.51. The Balaban J connectivity index is 2.07. The lowest BCUT2D eigenvalue weighted by molar-refractivity contribution is -0.117. The number of amides is 2. The van der Waals surface area contributed by atoms with E-state index in [1.165, 1.54) is 25.1 Å². The second-order valence-corrected chi connectivity index (χ2v) is 4.51. The fourth-order valence-corrected chi connectivity index (χ4v) is 2.03. The molecular formula is C13H16FN3O2. The highest BCUT2D eigenvalue weighted by Gasteiger charge is 2.22. The Morgan fingerprint density at radius 3 is 2.79 bits per heavy atom. The Morgan fingerprint density at radius 2 is 2.16 bits per heavy atom. The van der Waals surface area contributed by atoms with Crippen LogP contribution in [0.4, 0.5) is 15.8 Å². The van der Waals surface area contributed by atoms with Crippen molar-refractivity contribution in [1.82, 2.24) is 5.32 Å². The van der Waals surface area contributed by atoms with E-state index in [9.17, 15) is 14.0 Å². The number of halogens is 1. The molecule has 1 heterocycles. The van der Waals surface area contributed by atoms with Crippen molar-refractivity contribution in [2.75, 3.05) is 17.2 Å². The van der Waals surface area contributed by atoms with E-state index in [0.717, 1.165) is 19.4 Å². The third-order valence-electron chi connectivity index (χ3n) is 2.92. The quantitative estimate of drug-likeness (QED) is 0.775. The summed E-state index contributed by atoms with van der Waals surface area (Å²) in [5.41, 5.74) is 0.522. The summed E-state index contributed by atoms with van der Waals surface area (Å²) < 4.78 is 13.4. The summed E-state index contributed by atoms with van der Waals surface area (Å²) >= 11 is 0. The van der Waals surface area contributed by atoms with E-state index in [0.29, 0.717) is 5.69 Å². The third kappa shape index (κ3) is 3.51. The predicted molar refractivity (Wildman–Crippen MR) is 70.4 cm³/mol. The molecule has 102 valence electrons. The third-order valence-corrected chi connectivity index (χ3v) is 2.92. The zero-order valence-electron chi connectivity index (χ0n) is 10.6. The topological polar surface area (TPSA) is 70.2 Å². The van der Waals surface area contributed by atoms with Crippen LogP contribution in [0.5, 0.6) is 0 Å². The summed E-state index contributed by atoms with van der Waals surface area (Å²) in [4.78, 5) is 22.8. The van der Waals surface area contributed by atoms with Gasteiger partial charge in [0.2, 0.25) is 11.8 Å². The molecule has 0 bridgehead atoms. The van der Waals surface area contributed by atoms with Gasteiger partial charge in [-0.25, -0.2) is 4.39 Å². The Kier molecular flexibility index (Phi) is 4.11. The molecule has 19 heavy (non-hydrogen) atoms. The van der Waals surface area contributed by atoms with Crippen molar-refractivity contribution in [2.24, 2.45) is 0 Å². The summed E-state index contributed by atoms with van der Waals surface area (Å²) in [5, 5.41) is 8.16. The average molecular weight is 265 g/mol. The van der Waals surface area contributed by atoms with Crippen LogP contribution in [0.25, 0.3) is 0 Å². The van der Waals surface area contributed by atoms with Gasteiger partial charge in [-0.15, -0.1) is 0 Å². The Bertz CT molecular complexity index is 499. The molecule has 2 rings (SSSR count). The van der Waals surface area contributed by atoms with E-state index < -0.39 is 5.82 Å². The SMILES string of the molecule is CC(=O)Nc1cc(NC(=O)[C@@H]2CCCN2)ccc1F. The predicted octanol–water partition coefficient (Wildman–Crippen LogP) is 1.47. The molecule has 3 N–H and O–H groups in total. The number of anilines is 2. The first-order valence-electron chi connectivity index (χ1n) is 6.17. The molecule has 1 fully saturated rings. The van der Waals surface area contributed by atoms with Gasteiger partial charge in [-0.05, 0) is 37.6 Å². The first-order chi connectivity index (χ1) is 9.06. The van der Waals surface area contributed by atoms with Crippen LogP contribution in [0, 0.1) is 5.82 Å². The minimum atomic E-state index is -0.535. The highest BCUT2D eigenvalue weighted by atomic mass is 19.1. The Labute approximate surface area is 110 Å². The molecule has 1 aliphatic rings. The first kappa shape index (κ1) is 13.5. The number of hydrogen-bond acceptors (Lipinski definition) is 3. The van der Waals surface area contributed by atoms with Crippen molar-refractivity contribution >= 4 is 23.2 Å². The van der Waals surface area contributed by atoms with Crippen LogP contribution >= 0.6 is 0 Å². The van der Waals surface area contributed by atoms with Gasteiger partial charge in [0.15, 0.2) is 0 Å². The number of rotatable bonds is 3. The van der Waals surface area contributed by atoms with Gasteiger partial charge >= 0.3 is 0 Å². The minimum Gasteiger partial charge on any atom is -0.325 e. The Hall–Kier alpha value is -1.95. The van der Waals surface area contributed by atoms with E-state index in [-0.39, 0.29) is 23.5 Å². The minimum absolute atomic E-state index is 0.0599. The largest absolute Gasteiger partial charge is 0.325 e. The molecule has 1 aromatic rings. The summed E-state index contributed by atoms with van der Waals surface area (Å²) in [6, 6.07) is 3.88. The number of carbonyl (C=O) groups excluding carboxylic acids is 2. The molecule has 0 aromatic heterocycles. The van der Waals surface area contributed by atoms with Crippen LogP contribution in [-0.4, -0.2) is 24.4 Å². The van der Waals surface area contributed by atoms with Crippen molar-refractivity contribution in [1.29, 1.82) is 0 Å². The number of benzene rings is 1. The average Bonchev–Trinajstić information content (AvgIpc) is 2.86. The monoisotopic (exact) mass is 265 g/mol.